The number of hydrogen-bond donors (Lipinski definition) is 1. The smallest absolute Gasteiger partial charge is 0.293 e. The summed E-state index contributed by atoms with van der Waals surface area (Å²) in [6.45, 7) is 2.46. The van der Waals surface area contributed by atoms with Crippen molar-refractivity contribution in [3.63, 3.8) is 0 Å². The Kier molecular flexibility index (Phi) is 6.08. The Morgan fingerprint density at radius 3 is 2.81 bits per heavy atom. The first-order chi connectivity index (χ1) is 12.6. The SMILES string of the molecule is COCCNc1ccc(C(=O)N2CC[C@H]3CCCC[C@H]3C2)cc1[N+](=O)[O-]. The van der Waals surface area contributed by atoms with Crippen LogP contribution in [0.15, 0.2) is 18.2 Å². The number of amides is 1. The maximum Gasteiger partial charge on any atom is 0.293 e. The minimum atomic E-state index is -0.445. The zero-order valence-corrected chi connectivity index (χ0v) is 15.3. The molecule has 7 nitrogen and oxygen atoms in total. The summed E-state index contributed by atoms with van der Waals surface area (Å²) >= 11 is 0. The van der Waals surface area contributed by atoms with Crippen molar-refractivity contribution in [2.75, 3.05) is 38.7 Å². The number of ether oxygens (including phenoxy) is 1. The lowest BCUT2D eigenvalue weighted by Crippen LogP contribution is -2.44. The van der Waals surface area contributed by atoms with Gasteiger partial charge in [0, 0.05) is 38.4 Å². The molecule has 1 aliphatic carbocycles. The molecule has 1 aromatic rings. The summed E-state index contributed by atoms with van der Waals surface area (Å²) in [6, 6.07) is 4.69. The number of nitrogens with zero attached hydrogens (tertiary/aromatic N) is 2. The summed E-state index contributed by atoms with van der Waals surface area (Å²) in [4.78, 5) is 25.7. The van der Waals surface area contributed by atoms with Crippen molar-refractivity contribution in [2.24, 2.45) is 11.8 Å². The summed E-state index contributed by atoms with van der Waals surface area (Å²) in [5.41, 5.74) is 0.734. The van der Waals surface area contributed by atoms with Gasteiger partial charge >= 0.3 is 0 Å². The van der Waals surface area contributed by atoms with Gasteiger partial charge < -0.3 is 15.0 Å². The van der Waals surface area contributed by atoms with Gasteiger partial charge in [0.15, 0.2) is 0 Å². The quantitative estimate of drug-likeness (QED) is 0.477. The Labute approximate surface area is 153 Å². The topological polar surface area (TPSA) is 84.7 Å². The summed E-state index contributed by atoms with van der Waals surface area (Å²) in [5.74, 6) is 1.24. The average molecular weight is 361 g/mol. The molecule has 1 saturated carbocycles. The van der Waals surface area contributed by atoms with E-state index in [-0.39, 0.29) is 11.6 Å². The number of carbonyl (C=O) groups is 1. The molecule has 1 saturated heterocycles. The van der Waals surface area contributed by atoms with Crippen LogP contribution in [0, 0.1) is 22.0 Å². The molecule has 1 aliphatic heterocycles. The normalized spacial score (nSPS) is 22.6. The molecule has 0 radical (unpaired) electrons. The number of likely N-dealkylation sites (tertiary alicyclic amines) is 1. The highest BCUT2D eigenvalue weighted by molar-refractivity contribution is 5.95. The van der Waals surface area contributed by atoms with Crippen LogP contribution in [0.1, 0.15) is 42.5 Å². The number of piperidine rings is 1. The molecule has 2 fully saturated rings. The number of nitro benzene ring substituents is 1. The Morgan fingerprint density at radius 1 is 1.31 bits per heavy atom. The van der Waals surface area contributed by atoms with E-state index in [0.29, 0.717) is 30.3 Å². The lowest BCUT2D eigenvalue weighted by Gasteiger charge is -2.41. The molecule has 3 rings (SSSR count). The van der Waals surface area contributed by atoms with Crippen LogP contribution in [0.25, 0.3) is 0 Å². The molecule has 0 unspecified atom stereocenters. The second-order valence-corrected chi connectivity index (χ2v) is 7.25. The third-order valence-electron chi connectivity index (χ3n) is 5.64. The van der Waals surface area contributed by atoms with E-state index >= 15 is 0 Å². The summed E-state index contributed by atoms with van der Waals surface area (Å²) < 4.78 is 4.96. The van der Waals surface area contributed by atoms with Gasteiger partial charge in [-0.1, -0.05) is 19.3 Å². The standard InChI is InChI=1S/C19H27N3O4/c1-26-11-9-20-17-7-6-15(12-18(17)22(24)25)19(23)21-10-8-14-4-2-3-5-16(14)13-21/h6-7,12,14,16,20H,2-5,8-11,13H2,1H3/t14-,16+/m1/s1. The summed E-state index contributed by atoms with van der Waals surface area (Å²) in [6.07, 6.45) is 6.07. The fraction of sp³-hybridized carbons (Fsp3) is 0.632. The largest absolute Gasteiger partial charge is 0.383 e. The number of benzene rings is 1. The molecule has 142 valence electrons. The van der Waals surface area contributed by atoms with E-state index in [4.69, 9.17) is 4.74 Å². The number of anilines is 1. The van der Waals surface area contributed by atoms with E-state index < -0.39 is 4.92 Å². The van der Waals surface area contributed by atoms with Crippen LogP contribution in [0.4, 0.5) is 11.4 Å². The van der Waals surface area contributed by atoms with Crippen molar-refractivity contribution in [1.82, 2.24) is 4.90 Å². The van der Waals surface area contributed by atoms with E-state index in [0.717, 1.165) is 25.4 Å². The number of hydrogen-bond acceptors (Lipinski definition) is 5. The van der Waals surface area contributed by atoms with Crippen molar-refractivity contribution >= 4 is 17.3 Å². The number of fused-ring (bicyclic) bond motifs is 1. The van der Waals surface area contributed by atoms with Crippen molar-refractivity contribution in [1.29, 1.82) is 0 Å². The molecule has 7 heteroatoms. The van der Waals surface area contributed by atoms with Crippen LogP contribution in [0.3, 0.4) is 0 Å². The second kappa shape index (κ2) is 8.49. The first-order valence-corrected chi connectivity index (χ1v) is 9.40. The second-order valence-electron chi connectivity index (χ2n) is 7.25. The lowest BCUT2D eigenvalue weighted by atomic mass is 9.75. The minimum absolute atomic E-state index is 0.0699. The highest BCUT2D eigenvalue weighted by atomic mass is 16.6. The predicted molar refractivity (Wildman–Crippen MR) is 99.4 cm³/mol. The van der Waals surface area contributed by atoms with Gasteiger partial charge in [0.2, 0.25) is 0 Å². The van der Waals surface area contributed by atoms with Crippen LogP contribution >= 0.6 is 0 Å². The van der Waals surface area contributed by atoms with Gasteiger partial charge in [-0.05, 0) is 36.8 Å². The number of carbonyl (C=O) groups excluding carboxylic acids is 1. The monoisotopic (exact) mass is 361 g/mol. The lowest BCUT2D eigenvalue weighted by molar-refractivity contribution is -0.384. The molecule has 0 spiro atoms. The molecule has 1 heterocycles. The van der Waals surface area contributed by atoms with Crippen molar-refractivity contribution < 1.29 is 14.5 Å². The first kappa shape index (κ1) is 18.6. The molecule has 1 aromatic carbocycles. The van der Waals surface area contributed by atoms with Gasteiger partial charge in [-0.3, -0.25) is 14.9 Å². The molecule has 0 aromatic heterocycles. The van der Waals surface area contributed by atoms with Crippen LogP contribution in [-0.4, -0.2) is 49.1 Å². The number of methoxy groups -OCH3 is 1. The minimum Gasteiger partial charge on any atom is -0.383 e. The zero-order chi connectivity index (χ0) is 18.5. The van der Waals surface area contributed by atoms with E-state index in [2.05, 4.69) is 5.32 Å². The van der Waals surface area contributed by atoms with Crippen molar-refractivity contribution in [3.05, 3.63) is 33.9 Å². The zero-order valence-electron chi connectivity index (χ0n) is 15.3. The van der Waals surface area contributed by atoms with Gasteiger partial charge in [0.1, 0.15) is 5.69 Å². The highest BCUT2D eigenvalue weighted by Crippen LogP contribution is 2.36. The maximum absolute atomic E-state index is 12.9. The van der Waals surface area contributed by atoms with Crippen LogP contribution < -0.4 is 5.32 Å². The van der Waals surface area contributed by atoms with E-state index in [1.807, 2.05) is 4.90 Å². The van der Waals surface area contributed by atoms with E-state index in [1.54, 1.807) is 19.2 Å². The van der Waals surface area contributed by atoms with Gasteiger partial charge in [-0.25, -0.2) is 0 Å². The van der Waals surface area contributed by atoms with Crippen LogP contribution in [0.5, 0.6) is 0 Å². The van der Waals surface area contributed by atoms with Gasteiger partial charge in [0.25, 0.3) is 11.6 Å². The van der Waals surface area contributed by atoms with E-state index in [9.17, 15) is 14.9 Å². The highest BCUT2D eigenvalue weighted by Gasteiger charge is 2.33. The Balaban J connectivity index is 1.72. The van der Waals surface area contributed by atoms with Gasteiger partial charge in [0.05, 0.1) is 11.5 Å². The molecule has 2 atom stereocenters. The molecule has 1 amide bonds. The first-order valence-electron chi connectivity index (χ1n) is 9.40. The van der Waals surface area contributed by atoms with E-state index in [1.165, 1.54) is 31.7 Å². The van der Waals surface area contributed by atoms with Crippen molar-refractivity contribution in [2.45, 2.75) is 32.1 Å². The molecule has 1 N–H and O–H groups in total. The summed E-state index contributed by atoms with van der Waals surface area (Å²) in [5, 5.41) is 14.4. The third-order valence-corrected chi connectivity index (χ3v) is 5.64. The average Bonchev–Trinajstić information content (AvgIpc) is 2.67. The fourth-order valence-electron chi connectivity index (χ4n) is 4.22. The van der Waals surface area contributed by atoms with Crippen LogP contribution in [0.2, 0.25) is 0 Å². The Hall–Kier alpha value is -2.15. The predicted octanol–water partition coefficient (Wildman–Crippen LogP) is 3.31. The Morgan fingerprint density at radius 2 is 2.08 bits per heavy atom. The molecule has 26 heavy (non-hydrogen) atoms. The maximum atomic E-state index is 12.9. The molecule has 0 bridgehead atoms. The van der Waals surface area contributed by atoms with Crippen molar-refractivity contribution in [3.8, 4) is 0 Å². The molecule has 2 aliphatic rings. The summed E-state index contributed by atoms with van der Waals surface area (Å²) in [7, 11) is 1.58. The van der Waals surface area contributed by atoms with Gasteiger partial charge in [-0.2, -0.15) is 0 Å². The van der Waals surface area contributed by atoms with Gasteiger partial charge in [-0.15, -0.1) is 0 Å². The fourth-order valence-corrected chi connectivity index (χ4v) is 4.22. The Bertz CT molecular complexity index is 664. The third kappa shape index (κ3) is 4.15. The number of nitro groups is 1. The molecular formula is C19H27N3O4. The number of nitrogens with one attached hydrogen (secondary N) is 1. The van der Waals surface area contributed by atoms with Crippen LogP contribution in [-0.2, 0) is 4.74 Å². The number of rotatable bonds is 6. The molecular weight excluding hydrogens is 334 g/mol.